The molecule has 4 N–H and O–H groups in total. The van der Waals surface area contributed by atoms with Crippen molar-refractivity contribution in [1.29, 1.82) is 0 Å². The van der Waals surface area contributed by atoms with Crippen molar-refractivity contribution in [2.24, 2.45) is 0 Å². The number of β-lactam (4-membered cyclic amide) rings is 1. The number of nitrogens with zero attached hydrogens (tertiary/aromatic N) is 2. The predicted octanol–water partition coefficient (Wildman–Crippen LogP) is -5.76. The Hall–Kier alpha value is -1.78. The van der Waals surface area contributed by atoms with Crippen LogP contribution in [0.15, 0.2) is 5.38 Å². The molecule has 0 aromatic carbocycles. The van der Waals surface area contributed by atoms with Crippen LogP contribution >= 0.6 is 11.3 Å². The summed E-state index contributed by atoms with van der Waals surface area (Å²) in [6.45, 7) is 1.13. The van der Waals surface area contributed by atoms with Crippen LogP contribution in [0.2, 0.25) is 0 Å². The van der Waals surface area contributed by atoms with E-state index in [1.54, 1.807) is 0 Å². The van der Waals surface area contributed by atoms with Crippen LogP contribution in [-0.2, 0) is 34.2 Å². The third kappa shape index (κ3) is 4.98. The Kier molecular flexibility index (Phi) is 7.92. The van der Waals surface area contributed by atoms with Gasteiger partial charge in [-0.1, -0.05) is 0 Å². The Balaban J connectivity index is 0.00000392. The zero-order valence-electron chi connectivity index (χ0n) is 14.9. The Morgan fingerprint density at radius 3 is 2.46 bits per heavy atom. The van der Waals surface area contributed by atoms with Crippen molar-refractivity contribution in [3.63, 3.8) is 0 Å². The van der Waals surface area contributed by atoms with Gasteiger partial charge in [-0.2, -0.15) is 0 Å². The van der Waals surface area contributed by atoms with Gasteiger partial charge in [0.25, 0.3) is 5.91 Å². The number of hydrogen-bond donors (Lipinski definition) is 3. The van der Waals surface area contributed by atoms with Crippen molar-refractivity contribution in [2.75, 3.05) is 12.8 Å². The molecular formula is C12H14N5NaO8S2. The first-order chi connectivity index (χ1) is 12.5. The first kappa shape index (κ1) is 24.3. The van der Waals surface area contributed by atoms with E-state index in [1.807, 2.05) is 0 Å². The van der Waals surface area contributed by atoms with Gasteiger partial charge in [-0.3, -0.25) is 14.4 Å². The predicted molar refractivity (Wildman–Crippen MR) is 87.4 cm³/mol. The number of methoxy groups -OCH3 is 1. The number of carbonyl (C=O) groups excluding carboxylic acids is 4. The molecule has 3 amide bonds. The van der Waals surface area contributed by atoms with Gasteiger partial charge in [-0.25, -0.2) is 22.5 Å². The van der Waals surface area contributed by atoms with Gasteiger partial charge >= 0.3 is 35.5 Å². The molecule has 148 valence electrons. The van der Waals surface area contributed by atoms with Crippen molar-refractivity contribution in [1.82, 2.24) is 19.9 Å². The van der Waals surface area contributed by atoms with E-state index in [1.165, 1.54) is 5.38 Å². The van der Waals surface area contributed by atoms with Gasteiger partial charge in [0, 0.05) is 12.3 Å². The summed E-state index contributed by atoms with van der Waals surface area (Å²) in [5, 5.41) is 5.92. The number of rotatable bonds is 6. The molecule has 2 rings (SSSR count). The molecule has 0 aliphatic carbocycles. The average molecular weight is 443 g/mol. The fourth-order valence-electron chi connectivity index (χ4n) is 2.35. The molecule has 1 fully saturated rings. The third-order valence-corrected chi connectivity index (χ3v) is 5.06. The monoisotopic (exact) mass is 443 g/mol. The summed E-state index contributed by atoms with van der Waals surface area (Å²) in [4.78, 5) is 51.4. The van der Waals surface area contributed by atoms with E-state index in [-0.39, 0.29) is 44.7 Å². The van der Waals surface area contributed by atoms with Crippen molar-refractivity contribution < 1.29 is 66.4 Å². The summed E-state index contributed by atoms with van der Waals surface area (Å²) in [5.41, 5.74) is 5.56. The zero-order valence-corrected chi connectivity index (χ0v) is 18.5. The second-order valence-corrected chi connectivity index (χ2v) is 7.43. The largest absolute Gasteiger partial charge is 1.00 e. The van der Waals surface area contributed by atoms with Gasteiger partial charge in [0.05, 0.1) is 12.8 Å². The van der Waals surface area contributed by atoms with E-state index in [4.69, 9.17) is 5.73 Å². The Morgan fingerprint density at radius 2 is 2.04 bits per heavy atom. The molecule has 0 bridgehead atoms. The summed E-state index contributed by atoms with van der Waals surface area (Å²) < 4.78 is 37.6. The molecule has 13 nitrogen and oxygen atoms in total. The fourth-order valence-corrected chi connectivity index (χ4v) is 3.76. The normalized spacial score (nSPS) is 19.7. The molecule has 1 aliphatic rings. The Bertz CT molecular complexity index is 904. The van der Waals surface area contributed by atoms with Gasteiger partial charge in [-0.15, -0.1) is 11.3 Å². The number of hydrogen-bond acceptors (Lipinski definition) is 11. The van der Waals surface area contributed by atoms with E-state index >= 15 is 0 Å². The number of carbonyl (C=O) groups is 4. The minimum Gasteiger partial charge on any atom is -0.731 e. The standard InChI is InChI=1S/C12H15N5O8S2.Na/c1-4(18)14-6(5-3-26-12(13)15-5)9(19)16-7-8(11(21)25-2)17(10(7)20)27(22,23)24;/h3,6-8H,1-2H3,(H2,13,15)(H,14,18)(H,16,19)(H,22,23,24);/q;+1/p-1/t6?,7-,8-;/m1./s1. The van der Waals surface area contributed by atoms with E-state index in [2.05, 4.69) is 20.4 Å². The van der Waals surface area contributed by atoms with Crippen molar-refractivity contribution in [3.8, 4) is 0 Å². The number of anilines is 1. The third-order valence-electron chi connectivity index (χ3n) is 3.48. The number of nitrogens with one attached hydrogen (secondary N) is 2. The summed E-state index contributed by atoms with van der Waals surface area (Å²) in [6.07, 6.45) is 0. The van der Waals surface area contributed by atoms with Gasteiger partial charge in [0.1, 0.15) is 6.04 Å². The fraction of sp³-hybridized carbons (Fsp3) is 0.417. The van der Waals surface area contributed by atoms with Crippen LogP contribution in [0.4, 0.5) is 5.13 Å². The Morgan fingerprint density at radius 1 is 1.43 bits per heavy atom. The van der Waals surface area contributed by atoms with E-state index < -0.39 is 52.1 Å². The molecule has 2 heterocycles. The van der Waals surface area contributed by atoms with Crippen molar-refractivity contribution in [2.45, 2.75) is 25.0 Å². The molecule has 1 aromatic rings. The van der Waals surface area contributed by atoms with Crippen molar-refractivity contribution >= 4 is 50.5 Å². The van der Waals surface area contributed by atoms with Crippen LogP contribution in [0, 0.1) is 0 Å². The van der Waals surface area contributed by atoms with Crippen molar-refractivity contribution in [3.05, 3.63) is 11.1 Å². The van der Waals surface area contributed by atoms with Crippen LogP contribution < -0.4 is 45.9 Å². The zero-order chi connectivity index (χ0) is 20.5. The molecule has 1 unspecified atom stereocenters. The van der Waals surface area contributed by atoms with E-state index in [0.717, 1.165) is 25.4 Å². The molecule has 1 aliphatic heterocycles. The molecular weight excluding hydrogens is 429 g/mol. The SMILES string of the molecule is COC(=O)[C@H]1[C@@H](NC(=O)C(NC(C)=O)c2csc(N)n2)C(=O)N1S(=O)(=O)[O-].[Na+]. The summed E-state index contributed by atoms with van der Waals surface area (Å²) >= 11 is 0.995. The first-order valence-corrected chi connectivity index (χ1v) is 9.37. The number of ether oxygens (including phenoxy) is 1. The summed E-state index contributed by atoms with van der Waals surface area (Å²) in [7, 11) is -4.38. The molecule has 0 radical (unpaired) electrons. The summed E-state index contributed by atoms with van der Waals surface area (Å²) in [5.74, 6) is -4.10. The quantitative estimate of drug-likeness (QED) is 0.165. The second-order valence-electron chi connectivity index (χ2n) is 5.29. The molecule has 28 heavy (non-hydrogen) atoms. The molecule has 16 heteroatoms. The maximum atomic E-state index is 12.5. The molecule has 1 aromatic heterocycles. The number of nitrogen functional groups attached to an aromatic ring is 1. The van der Waals surface area contributed by atoms with Crippen LogP contribution in [0.1, 0.15) is 18.7 Å². The number of esters is 1. The Labute approximate surface area is 185 Å². The van der Waals surface area contributed by atoms with Crippen LogP contribution in [0.5, 0.6) is 0 Å². The molecule has 3 atom stereocenters. The minimum absolute atomic E-state index is 0. The average Bonchev–Trinajstić information content (AvgIpc) is 2.98. The van der Waals surface area contributed by atoms with Crippen LogP contribution in [-0.4, -0.2) is 65.1 Å². The van der Waals surface area contributed by atoms with E-state index in [9.17, 15) is 32.1 Å². The maximum Gasteiger partial charge on any atom is 1.00 e. The van der Waals surface area contributed by atoms with Gasteiger partial charge in [0.2, 0.25) is 11.8 Å². The number of amides is 3. The van der Waals surface area contributed by atoms with E-state index in [0.29, 0.717) is 0 Å². The van der Waals surface area contributed by atoms with Crippen LogP contribution in [0.25, 0.3) is 0 Å². The van der Waals surface area contributed by atoms with Crippen LogP contribution in [0.3, 0.4) is 0 Å². The number of nitrogens with two attached hydrogens (primary N) is 1. The maximum absolute atomic E-state index is 12.5. The summed E-state index contributed by atoms with van der Waals surface area (Å²) in [6, 6.07) is -4.88. The topological polar surface area (TPSA) is 201 Å². The van der Waals surface area contributed by atoms with Gasteiger partial charge in [-0.05, 0) is 0 Å². The molecule has 1 saturated heterocycles. The smallest absolute Gasteiger partial charge is 0.731 e. The molecule has 0 spiro atoms. The number of aromatic nitrogens is 1. The minimum atomic E-state index is -5.29. The van der Waals surface area contributed by atoms with Gasteiger partial charge in [0.15, 0.2) is 27.5 Å². The van der Waals surface area contributed by atoms with Gasteiger partial charge < -0.3 is 25.7 Å². The second kappa shape index (κ2) is 9.15. The first-order valence-electron chi connectivity index (χ1n) is 7.12. The molecule has 0 saturated carbocycles. The number of thiazole rings is 1.